The second kappa shape index (κ2) is 7.06. The number of benzene rings is 3. The van der Waals surface area contributed by atoms with Crippen molar-refractivity contribution in [3.63, 3.8) is 0 Å². The van der Waals surface area contributed by atoms with E-state index in [0.717, 1.165) is 48.2 Å². The number of para-hydroxylation sites is 2. The lowest BCUT2D eigenvalue weighted by Gasteiger charge is -2.36. The first-order valence-corrected chi connectivity index (χ1v) is 9.15. The van der Waals surface area contributed by atoms with Gasteiger partial charge in [0, 0.05) is 54.1 Å². The Hall–Kier alpha value is -2.43. The second-order valence-electron chi connectivity index (χ2n) is 6.66. The molecular formula is C21H21ClN2O2. The maximum atomic E-state index is 10.6. The van der Waals surface area contributed by atoms with Crippen molar-refractivity contribution in [3.05, 3.63) is 65.2 Å². The largest absolute Gasteiger partial charge is 0.507 e. The number of rotatable bonds is 3. The van der Waals surface area contributed by atoms with Gasteiger partial charge in [0.05, 0.1) is 5.69 Å². The number of fused-ring (bicyclic) bond motifs is 1. The molecule has 0 spiro atoms. The SMILES string of the molecule is Oc1ccccc1N1CCN(Cc2cc(Cl)c3ccccc3c2O)CC1. The number of hydrogen-bond donors (Lipinski definition) is 2. The van der Waals surface area contributed by atoms with Gasteiger partial charge in [-0.3, -0.25) is 4.90 Å². The minimum absolute atomic E-state index is 0.313. The molecule has 0 unspecified atom stereocenters. The van der Waals surface area contributed by atoms with Crippen molar-refractivity contribution in [1.82, 2.24) is 4.90 Å². The maximum absolute atomic E-state index is 10.6. The molecule has 1 aliphatic heterocycles. The van der Waals surface area contributed by atoms with Gasteiger partial charge in [-0.05, 0) is 18.2 Å². The van der Waals surface area contributed by atoms with Crippen molar-refractivity contribution < 1.29 is 10.2 Å². The van der Waals surface area contributed by atoms with Gasteiger partial charge in [0.2, 0.25) is 0 Å². The van der Waals surface area contributed by atoms with E-state index in [1.165, 1.54) is 0 Å². The summed E-state index contributed by atoms with van der Waals surface area (Å²) in [6.45, 7) is 4.04. The predicted molar refractivity (Wildman–Crippen MR) is 106 cm³/mol. The third-order valence-electron chi connectivity index (χ3n) is 5.03. The van der Waals surface area contributed by atoms with Crippen LogP contribution in [0.5, 0.6) is 11.5 Å². The number of phenols is 2. The summed E-state index contributed by atoms with van der Waals surface area (Å²) in [5, 5.41) is 23.0. The van der Waals surface area contributed by atoms with Crippen molar-refractivity contribution in [3.8, 4) is 11.5 Å². The first-order valence-electron chi connectivity index (χ1n) is 8.78. The Morgan fingerprint density at radius 3 is 2.23 bits per heavy atom. The molecule has 134 valence electrons. The first-order chi connectivity index (χ1) is 12.6. The molecule has 2 N–H and O–H groups in total. The summed E-state index contributed by atoms with van der Waals surface area (Å²) >= 11 is 6.41. The van der Waals surface area contributed by atoms with Gasteiger partial charge in [-0.1, -0.05) is 48.0 Å². The van der Waals surface area contributed by atoms with E-state index in [4.69, 9.17) is 11.6 Å². The Kier molecular flexibility index (Phi) is 4.62. The topological polar surface area (TPSA) is 46.9 Å². The lowest BCUT2D eigenvalue weighted by Crippen LogP contribution is -2.46. The van der Waals surface area contributed by atoms with E-state index in [0.29, 0.717) is 23.1 Å². The van der Waals surface area contributed by atoms with Crippen LogP contribution in [0.2, 0.25) is 5.02 Å². The molecule has 0 atom stereocenters. The smallest absolute Gasteiger partial charge is 0.138 e. The standard InChI is InChI=1S/C21H21ClN2O2/c22-18-13-15(21(26)17-6-2-1-5-16(17)18)14-23-9-11-24(12-10-23)19-7-3-4-8-20(19)25/h1-8,13,25-26H,9-12,14H2. The van der Waals surface area contributed by atoms with E-state index in [9.17, 15) is 10.2 Å². The van der Waals surface area contributed by atoms with Gasteiger partial charge >= 0.3 is 0 Å². The Labute approximate surface area is 157 Å². The Morgan fingerprint density at radius 1 is 0.846 bits per heavy atom. The third-order valence-corrected chi connectivity index (χ3v) is 5.35. The third kappa shape index (κ3) is 3.18. The molecule has 0 radical (unpaired) electrons. The van der Waals surface area contributed by atoms with Crippen LogP contribution in [0, 0.1) is 0 Å². The molecule has 0 amide bonds. The number of halogens is 1. The van der Waals surface area contributed by atoms with Gasteiger partial charge in [-0.15, -0.1) is 0 Å². The lowest BCUT2D eigenvalue weighted by atomic mass is 10.0. The summed E-state index contributed by atoms with van der Waals surface area (Å²) in [7, 11) is 0. The molecule has 4 rings (SSSR count). The normalized spacial score (nSPS) is 15.5. The van der Waals surface area contributed by atoms with Crippen molar-refractivity contribution in [2.45, 2.75) is 6.54 Å². The molecule has 1 heterocycles. The van der Waals surface area contributed by atoms with Gasteiger partial charge in [0.1, 0.15) is 11.5 Å². The summed E-state index contributed by atoms with van der Waals surface area (Å²) in [4.78, 5) is 4.50. The van der Waals surface area contributed by atoms with Crippen LogP contribution in [0.15, 0.2) is 54.6 Å². The molecule has 0 aromatic heterocycles. The monoisotopic (exact) mass is 368 g/mol. The molecule has 0 aliphatic carbocycles. The van der Waals surface area contributed by atoms with Crippen LogP contribution in [0.3, 0.4) is 0 Å². The van der Waals surface area contributed by atoms with E-state index >= 15 is 0 Å². The predicted octanol–water partition coefficient (Wildman–Crippen LogP) is 4.23. The second-order valence-corrected chi connectivity index (χ2v) is 7.07. The molecule has 1 saturated heterocycles. The number of hydrogen-bond acceptors (Lipinski definition) is 4. The number of anilines is 1. The number of piperazine rings is 1. The highest BCUT2D eigenvalue weighted by molar-refractivity contribution is 6.35. The minimum Gasteiger partial charge on any atom is -0.507 e. The minimum atomic E-state index is 0.313. The molecule has 0 saturated carbocycles. The van der Waals surface area contributed by atoms with Crippen LogP contribution in [0.1, 0.15) is 5.56 Å². The zero-order chi connectivity index (χ0) is 18.1. The van der Waals surface area contributed by atoms with E-state index in [-0.39, 0.29) is 0 Å². The van der Waals surface area contributed by atoms with Crippen LogP contribution in [-0.2, 0) is 6.54 Å². The van der Waals surface area contributed by atoms with E-state index in [1.807, 2.05) is 48.5 Å². The van der Waals surface area contributed by atoms with Gasteiger partial charge in [-0.25, -0.2) is 0 Å². The molecule has 1 fully saturated rings. The molecule has 5 heteroatoms. The van der Waals surface area contributed by atoms with E-state index in [1.54, 1.807) is 6.07 Å². The summed E-state index contributed by atoms with van der Waals surface area (Å²) in [5.41, 5.74) is 1.73. The van der Waals surface area contributed by atoms with Crippen molar-refractivity contribution in [1.29, 1.82) is 0 Å². The quantitative estimate of drug-likeness (QED) is 0.726. The molecule has 3 aromatic rings. The highest BCUT2D eigenvalue weighted by atomic mass is 35.5. The number of aromatic hydroxyl groups is 2. The fourth-order valence-electron chi connectivity index (χ4n) is 3.61. The maximum Gasteiger partial charge on any atom is 0.138 e. The fraction of sp³-hybridized carbons (Fsp3) is 0.238. The number of phenolic OH excluding ortho intramolecular Hbond substituents is 2. The average molecular weight is 369 g/mol. The molecule has 1 aliphatic rings. The summed E-state index contributed by atoms with van der Waals surface area (Å²) in [6, 6.07) is 17.0. The summed E-state index contributed by atoms with van der Waals surface area (Å²) in [6.07, 6.45) is 0. The van der Waals surface area contributed by atoms with Crippen molar-refractivity contribution in [2.24, 2.45) is 0 Å². The fourth-order valence-corrected chi connectivity index (χ4v) is 3.91. The molecule has 3 aromatic carbocycles. The molecule has 0 bridgehead atoms. The zero-order valence-corrected chi connectivity index (χ0v) is 15.2. The van der Waals surface area contributed by atoms with Crippen LogP contribution >= 0.6 is 11.6 Å². The number of nitrogens with zero attached hydrogens (tertiary/aromatic N) is 2. The van der Waals surface area contributed by atoms with Gasteiger partial charge in [0.15, 0.2) is 0 Å². The van der Waals surface area contributed by atoms with Crippen LogP contribution in [0.4, 0.5) is 5.69 Å². The van der Waals surface area contributed by atoms with E-state index in [2.05, 4.69) is 9.80 Å². The van der Waals surface area contributed by atoms with Crippen LogP contribution in [-0.4, -0.2) is 41.3 Å². The Balaban J connectivity index is 1.49. The molecule has 4 nitrogen and oxygen atoms in total. The summed E-state index contributed by atoms with van der Waals surface area (Å²) in [5.74, 6) is 0.632. The van der Waals surface area contributed by atoms with Crippen LogP contribution in [0.25, 0.3) is 10.8 Å². The van der Waals surface area contributed by atoms with Crippen LogP contribution < -0.4 is 4.90 Å². The Bertz CT molecular complexity index is 936. The van der Waals surface area contributed by atoms with Gasteiger partial charge in [0.25, 0.3) is 0 Å². The average Bonchev–Trinajstić information content (AvgIpc) is 2.67. The van der Waals surface area contributed by atoms with Gasteiger partial charge < -0.3 is 15.1 Å². The molecule has 26 heavy (non-hydrogen) atoms. The first kappa shape index (κ1) is 17.0. The summed E-state index contributed by atoms with van der Waals surface area (Å²) < 4.78 is 0. The Morgan fingerprint density at radius 2 is 1.50 bits per heavy atom. The van der Waals surface area contributed by atoms with Gasteiger partial charge in [-0.2, -0.15) is 0 Å². The highest BCUT2D eigenvalue weighted by Crippen LogP contribution is 2.35. The molecular weight excluding hydrogens is 348 g/mol. The lowest BCUT2D eigenvalue weighted by molar-refractivity contribution is 0.246. The van der Waals surface area contributed by atoms with E-state index < -0.39 is 0 Å². The van der Waals surface area contributed by atoms with Crippen molar-refractivity contribution >= 4 is 28.1 Å². The highest BCUT2D eigenvalue weighted by Gasteiger charge is 2.20. The van der Waals surface area contributed by atoms with Crippen molar-refractivity contribution in [2.75, 3.05) is 31.1 Å². The zero-order valence-electron chi connectivity index (χ0n) is 14.4.